The van der Waals surface area contributed by atoms with Gasteiger partial charge in [-0.1, -0.05) is 19.4 Å². The molecule has 0 amide bonds. The lowest BCUT2D eigenvalue weighted by Crippen LogP contribution is -2.08. The van der Waals surface area contributed by atoms with E-state index in [0.717, 1.165) is 36.7 Å². The van der Waals surface area contributed by atoms with Gasteiger partial charge in [-0.15, -0.1) is 11.8 Å². The maximum absolute atomic E-state index is 12.5. The summed E-state index contributed by atoms with van der Waals surface area (Å²) in [5, 5.41) is 0. The Morgan fingerprint density at radius 1 is 1.37 bits per heavy atom. The number of ether oxygens (including phenoxy) is 1. The van der Waals surface area contributed by atoms with Crippen molar-refractivity contribution in [1.29, 1.82) is 0 Å². The SMILES string of the molecule is CCCCOC(=O)CSc1cccc(C(F)(F)F)c1. The quantitative estimate of drug-likeness (QED) is 0.448. The zero-order valence-electron chi connectivity index (χ0n) is 10.5. The van der Waals surface area contributed by atoms with Crippen molar-refractivity contribution in [2.75, 3.05) is 12.4 Å². The number of thioether (sulfide) groups is 1. The molecule has 0 aliphatic rings. The highest BCUT2D eigenvalue weighted by Gasteiger charge is 2.30. The molecule has 0 unspecified atom stereocenters. The van der Waals surface area contributed by atoms with E-state index < -0.39 is 17.7 Å². The largest absolute Gasteiger partial charge is 0.465 e. The van der Waals surface area contributed by atoms with Gasteiger partial charge in [0.1, 0.15) is 0 Å². The monoisotopic (exact) mass is 292 g/mol. The summed E-state index contributed by atoms with van der Waals surface area (Å²) < 4.78 is 42.3. The summed E-state index contributed by atoms with van der Waals surface area (Å²) in [5.74, 6) is -0.388. The molecule has 0 aromatic heterocycles. The molecule has 106 valence electrons. The van der Waals surface area contributed by atoms with Crippen LogP contribution in [-0.4, -0.2) is 18.3 Å². The zero-order valence-corrected chi connectivity index (χ0v) is 11.3. The van der Waals surface area contributed by atoms with Crippen molar-refractivity contribution in [1.82, 2.24) is 0 Å². The minimum Gasteiger partial charge on any atom is -0.465 e. The summed E-state index contributed by atoms with van der Waals surface area (Å²) in [4.78, 5) is 11.7. The Labute approximate surface area is 114 Å². The summed E-state index contributed by atoms with van der Waals surface area (Å²) in [5.41, 5.74) is -0.711. The molecule has 0 aliphatic carbocycles. The number of rotatable bonds is 6. The normalized spacial score (nSPS) is 11.4. The van der Waals surface area contributed by atoms with Crippen LogP contribution in [0, 0.1) is 0 Å². The van der Waals surface area contributed by atoms with Gasteiger partial charge in [-0.3, -0.25) is 4.79 Å². The van der Waals surface area contributed by atoms with Crippen LogP contribution >= 0.6 is 11.8 Å². The first-order valence-corrected chi connectivity index (χ1v) is 6.87. The smallest absolute Gasteiger partial charge is 0.416 e. The Bertz CT molecular complexity index is 419. The van der Waals surface area contributed by atoms with Crippen molar-refractivity contribution in [2.24, 2.45) is 0 Å². The molecule has 0 N–H and O–H groups in total. The third-order valence-corrected chi connectivity index (χ3v) is 3.25. The van der Waals surface area contributed by atoms with Crippen LogP contribution in [0.25, 0.3) is 0 Å². The van der Waals surface area contributed by atoms with Crippen LogP contribution < -0.4 is 0 Å². The van der Waals surface area contributed by atoms with E-state index in [0.29, 0.717) is 11.5 Å². The molecule has 0 radical (unpaired) electrons. The Balaban J connectivity index is 2.47. The third kappa shape index (κ3) is 6.00. The average Bonchev–Trinajstić information content (AvgIpc) is 2.36. The van der Waals surface area contributed by atoms with E-state index >= 15 is 0 Å². The molecule has 0 aliphatic heterocycles. The second kappa shape index (κ2) is 7.43. The maximum Gasteiger partial charge on any atom is 0.416 e. The highest BCUT2D eigenvalue weighted by atomic mass is 32.2. The predicted molar refractivity (Wildman–Crippen MR) is 68.0 cm³/mol. The lowest BCUT2D eigenvalue weighted by molar-refractivity contribution is -0.140. The van der Waals surface area contributed by atoms with Crippen molar-refractivity contribution in [2.45, 2.75) is 30.8 Å². The van der Waals surface area contributed by atoms with Gasteiger partial charge >= 0.3 is 12.1 Å². The standard InChI is InChI=1S/C13H15F3O2S/c1-2-3-7-18-12(17)9-19-11-6-4-5-10(8-11)13(14,15)16/h4-6,8H,2-3,7,9H2,1H3. The maximum atomic E-state index is 12.5. The highest BCUT2D eigenvalue weighted by Crippen LogP contribution is 2.31. The van der Waals surface area contributed by atoms with Crippen molar-refractivity contribution in [3.05, 3.63) is 29.8 Å². The van der Waals surface area contributed by atoms with E-state index in [1.165, 1.54) is 6.07 Å². The van der Waals surface area contributed by atoms with Crippen molar-refractivity contribution < 1.29 is 22.7 Å². The number of carbonyl (C=O) groups excluding carboxylic acids is 1. The number of esters is 1. The van der Waals surface area contributed by atoms with Crippen LogP contribution in [-0.2, 0) is 15.7 Å². The first kappa shape index (κ1) is 15.9. The molecule has 0 bridgehead atoms. The molecular formula is C13H15F3O2S. The van der Waals surface area contributed by atoms with E-state index in [1.54, 1.807) is 6.07 Å². The van der Waals surface area contributed by atoms with Crippen molar-refractivity contribution in [3.8, 4) is 0 Å². The average molecular weight is 292 g/mol. The van der Waals surface area contributed by atoms with Gasteiger partial charge in [0.25, 0.3) is 0 Å². The van der Waals surface area contributed by atoms with Crippen molar-refractivity contribution >= 4 is 17.7 Å². The minimum absolute atomic E-state index is 0.0189. The molecule has 0 heterocycles. The number of hydrogen-bond donors (Lipinski definition) is 0. The summed E-state index contributed by atoms with van der Waals surface area (Å²) >= 11 is 1.04. The number of carbonyl (C=O) groups is 1. The van der Waals surface area contributed by atoms with Gasteiger partial charge < -0.3 is 4.74 Å². The van der Waals surface area contributed by atoms with Crippen LogP contribution in [0.1, 0.15) is 25.3 Å². The van der Waals surface area contributed by atoms with Crippen LogP contribution in [0.5, 0.6) is 0 Å². The topological polar surface area (TPSA) is 26.3 Å². The Hall–Kier alpha value is -1.17. The minimum atomic E-state index is -4.36. The fourth-order valence-electron chi connectivity index (χ4n) is 1.28. The molecule has 0 fully saturated rings. The molecule has 1 aromatic rings. The number of hydrogen-bond acceptors (Lipinski definition) is 3. The number of unbranched alkanes of at least 4 members (excludes halogenated alkanes) is 1. The van der Waals surface area contributed by atoms with E-state index in [4.69, 9.17) is 4.74 Å². The Kier molecular flexibility index (Phi) is 6.21. The molecule has 0 spiro atoms. The number of halogens is 3. The van der Waals surface area contributed by atoms with Gasteiger partial charge in [0.05, 0.1) is 17.9 Å². The highest BCUT2D eigenvalue weighted by molar-refractivity contribution is 8.00. The van der Waals surface area contributed by atoms with E-state index in [2.05, 4.69) is 0 Å². The lowest BCUT2D eigenvalue weighted by Gasteiger charge is -2.08. The molecule has 0 saturated carbocycles. The predicted octanol–water partition coefficient (Wildman–Crippen LogP) is 4.14. The van der Waals surface area contributed by atoms with E-state index in [9.17, 15) is 18.0 Å². The summed E-state index contributed by atoms with van der Waals surface area (Å²) in [6.07, 6.45) is -2.65. The van der Waals surface area contributed by atoms with Crippen LogP contribution in [0.15, 0.2) is 29.2 Å². The van der Waals surface area contributed by atoms with Gasteiger partial charge in [0.2, 0.25) is 0 Å². The Morgan fingerprint density at radius 2 is 2.11 bits per heavy atom. The van der Waals surface area contributed by atoms with Crippen molar-refractivity contribution in [3.63, 3.8) is 0 Å². The summed E-state index contributed by atoms with van der Waals surface area (Å²) in [6, 6.07) is 4.90. The first-order valence-electron chi connectivity index (χ1n) is 5.89. The molecule has 1 rings (SSSR count). The molecule has 6 heteroatoms. The molecule has 1 aromatic carbocycles. The van der Waals surface area contributed by atoms with Gasteiger partial charge in [-0.2, -0.15) is 13.2 Å². The van der Waals surface area contributed by atoms with Crippen LogP contribution in [0.4, 0.5) is 13.2 Å². The molecule has 0 atom stereocenters. The van der Waals surface area contributed by atoms with Gasteiger partial charge in [0.15, 0.2) is 0 Å². The molecular weight excluding hydrogens is 277 g/mol. The summed E-state index contributed by atoms with van der Waals surface area (Å²) in [7, 11) is 0. The fraction of sp³-hybridized carbons (Fsp3) is 0.462. The number of benzene rings is 1. The van der Waals surface area contributed by atoms with Crippen LogP contribution in [0.3, 0.4) is 0 Å². The van der Waals surface area contributed by atoms with Crippen LogP contribution in [0.2, 0.25) is 0 Å². The Morgan fingerprint density at radius 3 is 2.74 bits per heavy atom. The first-order chi connectivity index (χ1) is 8.93. The molecule has 19 heavy (non-hydrogen) atoms. The molecule has 2 nitrogen and oxygen atoms in total. The summed E-state index contributed by atoms with van der Waals surface area (Å²) in [6.45, 7) is 2.34. The lowest BCUT2D eigenvalue weighted by atomic mass is 10.2. The zero-order chi connectivity index (χ0) is 14.3. The van der Waals surface area contributed by atoms with E-state index in [-0.39, 0.29) is 5.75 Å². The third-order valence-electron chi connectivity index (χ3n) is 2.28. The molecule has 0 saturated heterocycles. The van der Waals surface area contributed by atoms with E-state index in [1.807, 2.05) is 6.92 Å². The van der Waals surface area contributed by atoms with Gasteiger partial charge in [0, 0.05) is 4.90 Å². The second-order valence-corrected chi connectivity index (χ2v) is 4.94. The fourth-order valence-corrected chi connectivity index (χ4v) is 2.03. The van der Waals surface area contributed by atoms with Gasteiger partial charge in [-0.05, 0) is 24.6 Å². The number of alkyl halides is 3. The van der Waals surface area contributed by atoms with Gasteiger partial charge in [-0.25, -0.2) is 0 Å². The second-order valence-electron chi connectivity index (χ2n) is 3.89.